The first-order valence-corrected chi connectivity index (χ1v) is 5.11. The molecule has 0 atom stereocenters. The van der Waals surface area contributed by atoms with Crippen LogP contribution in [-0.2, 0) is 4.79 Å². The van der Waals surface area contributed by atoms with Gasteiger partial charge in [0.2, 0.25) is 0 Å². The van der Waals surface area contributed by atoms with Gasteiger partial charge in [-0.25, -0.2) is 9.78 Å². The number of aliphatic carboxylic acids is 1. The van der Waals surface area contributed by atoms with Crippen LogP contribution in [0.25, 0.3) is 5.69 Å². The Morgan fingerprint density at radius 3 is 3.00 bits per heavy atom. The van der Waals surface area contributed by atoms with Gasteiger partial charge in [0.1, 0.15) is 5.75 Å². The highest BCUT2D eigenvalue weighted by atomic mass is 16.5. The lowest BCUT2D eigenvalue weighted by Crippen LogP contribution is -2.09. The molecule has 0 spiro atoms. The van der Waals surface area contributed by atoms with Crippen LogP contribution in [-0.4, -0.2) is 27.2 Å². The zero-order valence-corrected chi connectivity index (χ0v) is 9.33. The second kappa shape index (κ2) is 4.69. The van der Waals surface area contributed by atoms with E-state index in [1.807, 2.05) is 29.8 Å². The number of ether oxygens (including phenoxy) is 1. The van der Waals surface area contributed by atoms with Crippen molar-refractivity contribution in [1.82, 2.24) is 9.55 Å². The first-order chi connectivity index (χ1) is 8.15. The average molecular weight is 232 g/mol. The SMILES string of the molecule is Cc1cn(-c2cccc(OCC(=O)O)c2)cn1. The molecule has 1 aromatic carbocycles. The highest BCUT2D eigenvalue weighted by Gasteiger charge is 2.02. The normalized spacial score (nSPS) is 10.2. The molecule has 0 saturated heterocycles. The van der Waals surface area contributed by atoms with Crippen molar-refractivity contribution >= 4 is 5.97 Å². The summed E-state index contributed by atoms with van der Waals surface area (Å²) in [5.41, 5.74) is 1.80. The molecule has 0 aliphatic carbocycles. The van der Waals surface area contributed by atoms with Crippen LogP contribution in [0.2, 0.25) is 0 Å². The van der Waals surface area contributed by atoms with E-state index in [0.29, 0.717) is 5.75 Å². The fourth-order valence-corrected chi connectivity index (χ4v) is 1.44. The molecule has 5 heteroatoms. The number of rotatable bonds is 4. The molecule has 0 fully saturated rings. The molecular weight excluding hydrogens is 220 g/mol. The van der Waals surface area contributed by atoms with E-state index < -0.39 is 5.97 Å². The monoisotopic (exact) mass is 232 g/mol. The first kappa shape index (κ1) is 11.2. The molecule has 88 valence electrons. The van der Waals surface area contributed by atoms with Crippen LogP contribution in [0, 0.1) is 6.92 Å². The van der Waals surface area contributed by atoms with Gasteiger partial charge in [-0.15, -0.1) is 0 Å². The van der Waals surface area contributed by atoms with Gasteiger partial charge in [0.15, 0.2) is 6.61 Å². The molecule has 17 heavy (non-hydrogen) atoms. The number of hydrogen-bond donors (Lipinski definition) is 1. The number of imidazole rings is 1. The smallest absolute Gasteiger partial charge is 0.341 e. The van der Waals surface area contributed by atoms with Gasteiger partial charge >= 0.3 is 5.97 Å². The highest BCUT2D eigenvalue weighted by molar-refractivity contribution is 5.68. The molecule has 1 heterocycles. The third-order valence-electron chi connectivity index (χ3n) is 2.19. The van der Waals surface area contributed by atoms with Gasteiger partial charge in [0.05, 0.1) is 17.7 Å². The number of hydrogen-bond acceptors (Lipinski definition) is 3. The van der Waals surface area contributed by atoms with Gasteiger partial charge in [-0.1, -0.05) is 6.07 Å². The lowest BCUT2D eigenvalue weighted by atomic mass is 10.3. The zero-order valence-electron chi connectivity index (χ0n) is 9.33. The predicted octanol–water partition coefficient (Wildman–Crippen LogP) is 1.64. The van der Waals surface area contributed by atoms with Crippen molar-refractivity contribution in [2.24, 2.45) is 0 Å². The summed E-state index contributed by atoms with van der Waals surface area (Å²) in [5.74, 6) is -0.467. The lowest BCUT2D eigenvalue weighted by molar-refractivity contribution is -0.139. The standard InChI is InChI=1S/C12H12N2O3/c1-9-6-14(8-13-9)10-3-2-4-11(5-10)17-7-12(15)16/h2-6,8H,7H2,1H3,(H,15,16). The summed E-state index contributed by atoms with van der Waals surface area (Å²) in [6.45, 7) is 1.56. The van der Waals surface area contributed by atoms with Crippen LogP contribution < -0.4 is 4.74 Å². The summed E-state index contributed by atoms with van der Waals surface area (Å²) in [6, 6.07) is 7.19. The van der Waals surface area contributed by atoms with Gasteiger partial charge < -0.3 is 14.4 Å². The molecule has 0 amide bonds. The van der Waals surface area contributed by atoms with Crippen LogP contribution in [0.3, 0.4) is 0 Å². The Hall–Kier alpha value is -2.30. The Morgan fingerprint density at radius 1 is 1.53 bits per heavy atom. The van der Waals surface area contributed by atoms with Crippen molar-refractivity contribution in [3.8, 4) is 11.4 Å². The van der Waals surface area contributed by atoms with Crippen LogP contribution in [0.1, 0.15) is 5.69 Å². The zero-order chi connectivity index (χ0) is 12.3. The van der Waals surface area contributed by atoms with E-state index >= 15 is 0 Å². The molecule has 1 N–H and O–H groups in total. The quantitative estimate of drug-likeness (QED) is 0.870. The Bertz CT molecular complexity index is 534. The number of carboxylic acids is 1. The van der Waals surface area contributed by atoms with E-state index in [2.05, 4.69) is 4.98 Å². The average Bonchev–Trinajstić information content (AvgIpc) is 2.74. The van der Waals surface area contributed by atoms with Crippen LogP contribution in [0.5, 0.6) is 5.75 Å². The number of aryl methyl sites for hydroxylation is 1. The molecule has 2 rings (SSSR count). The molecule has 5 nitrogen and oxygen atoms in total. The molecule has 0 radical (unpaired) electrons. The Kier molecular flexibility index (Phi) is 3.09. The topological polar surface area (TPSA) is 64.3 Å². The van der Waals surface area contributed by atoms with Crippen LogP contribution in [0.15, 0.2) is 36.8 Å². The Balaban J connectivity index is 2.19. The summed E-state index contributed by atoms with van der Waals surface area (Å²) >= 11 is 0. The van der Waals surface area contributed by atoms with Gasteiger partial charge in [-0.2, -0.15) is 0 Å². The van der Waals surface area contributed by atoms with Crippen molar-refractivity contribution < 1.29 is 14.6 Å². The molecule has 0 saturated carbocycles. The third-order valence-corrected chi connectivity index (χ3v) is 2.19. The third kappa shape index (κ3) is 2.84. The van der Waals surface area contributed by atoms with Crippen LogP contribution in [0.4, 0.5) is 0 Å². The van der Waals surface area contributed by atoms with Gasteiger partial charge in [0, 0.05) is 12.3 Å². The minimum absolute atomic E-state index is 0.341. The largest absolute Gasteiger partial charge is 0.482 e. The summed E-state index contributed by atoms with van der Waals surface area (Å²) in [5, 5.41) is 8.52. The van der Waals surface area contributed by atoms with E-state index in [0.717, 1.165) is 11.4 Å². The van der Waals surface area contributed by atoms with Crippen molar-refractivity contribution in [3.63, 3.8) is 0 Å². The minimum Gasteiger partial charge on any atom is -0.482 e. The summed E-state index contributed by atoms with van der Waals surface area (Å²) in [4.78, 5) is 14.5. The van der Waals surface area contributed by atoms with E-state index in [4.69, 9.17) is 9.84 Å². The minimum atomic E-state index is -0.992. The van der Waals surface area contributed by atoms with E-state index in [-0.39, 0.29) is 6.61 Å². The highest BCUT2D eigenvalue weighted by Crippen LogP contribution is 2.16. The molecule has 0 aliphatic rings. The molecule has 0 aliphatic heterocycles. The summed E-state index contributed by atoms with van der Waals surface area (Å²) in [7, 11) is 0. The van der Waals surface area contributed by atoms with Gasteiger partial charge in [-0.05, 0) is 19.1 Å². The maximum absolute atomic E-state index is 10.4. The molecule has 1 aromatic heterocycles. The van der Waals surface area contributed by atoms with Gasteiger partial charge in [0.25, 0.3) is 0 Å². The molecule has 2 aromatic rings. The number of nitrogens with zero attached hydrogens (tertiary/aromatic N) is 2. The van der Waals surface area contributed by atoms with Crippen molar-refractivity contribution in [2.75, 3.05) is 6.61 Å². The number of benzene rings is 1. The number of carboxylic acid groups (broad SMARTS) is 1. The van der Waals surface area contributed by atoms with Crippen molar-refractivity contribution in [1.29, 1.82) is 0 Å². The second-order valence-corrected chi connectivity index (χ2v) is 3.60. The second-order valence-electron chi connectivity index (χ2n) is 3.60. The summed E-state index contributed by atoms with van der Waals surface area (Å²) < 4.78 is 6.95. The first-order valence-electron chi connectivity index (χ1n) is 5.11. The maximum Gasteiger partial charge on any atom is 0.341 e. The Labute approximate surface area is 98.3 Å². The molecule has 0 unspecified atom stereocenters. The van der Waals surface area contributed by atoms with Crippen molar-refractivity contribution in [2.45, 2.75) is 6.92 Å². The molecular formula is C12H12N2O3. The Morgan fingerprint density at radius 2 is 2.35 bits per heavy atom. The number of carbonyl (C=O) groups is 1. The van der Waals surface area contributed by atoms with Crippen LogP contribution >= 0.6 is 0 Å². The van der Waals surface area contributed by atoms with E-state index in [1.165, 1.54) is 0 Å². The van der Waals surface area contributed by atoms with Gasteiger partial charge in [-0.3, -0.25) is 0 Å². The van der Waals surface area contributed by atoms with E-state index in [9.17, 15) is 4.79 Å². The maximum atomic E-state index is 10.4. The fraction of sp³-hybridized carbons (Fsp3) is 0.167. The fourth-order valence-electron chi connectivity index (χ4n) is 1.44. The van der Waals surface area contributed by atoms with E-state index in [1.54, 1.807) is 18.5 Å². The predicted molar refractivity (Wildman–Crippen MR) is 61.4 cm³/mol. The molecule has 0 bridgehead atoms. The van der Waals surface area contributed by atoms with Crippen molar-refractivity contribution in [3.05, 3.63) is 42.5 Å². The number of aromatic nitrogens is 2. The summed E-state index contributed by atoms with van der Waals surface area (Å²) in [6.07, 6.45) is 3.59. The lowest BCUT2D eigenvalue weighted by Gasteiger charge is -2.06.